The lowest BCUT2D eigenvalue weighted by atomic mass is 10.2. The fourth-order valence-corrected chi connectivity index (χ4v) is 1.66. The van der Waals surface area contributed by atoms with Crippen LogP contribution in [0.25, 0.3) is 0 Å². The first kappa shape index (κ1) is 10.4. The number of aromatic nitrogens is 2. The molecule has 0 amide bonds. The Kier molecular flexibility index (Phi) is 3.23. The third-order valence-corrected chi connectivity index (χ3v) is 2.49. The Morgan fingerprint density at radius 2 is 2.53 bits per heavy atom. The molecule has 1 unspecified atom stereocenters. The Morgan fingerprint density at radius 1 is 1.67 bits per heavy atom. The van der Waals surface area contributed by atoms with Gasteiger partial charge in [-0.1, -0.05) is 0 Å². The largest absolute Gasteiger partial charge is 0.394 e. The number of ether oxygens (including phenoxy) is 1. The van der Waals surface area contributed by atoms with Gasteiger partial charge in [0.15, 0.2) is 5.82 Å². The Balaban J connectivity index is 1.94. The Morgan fingerprint density at radius 3 is 3.27 bits per heavy atom. The number of hydrogen-bond donors (Lipinski definition) is 2. The normalized spacial score (nSPS) is 20.5. The third-order valence-electron chi connectivity index (χ3n) is 2.31. The molecule has 2 rings (SSSR count). The van der Waals surface area contributed by atoms with Crippen molar-refractivity contribution in [2.45, 2.75) is 18.9 Å². The number of nitrogens with zero attached hydrogens (tertiary/aromatic N) is 2. The molecule has 1 aromatic heterocycles. The first-order valence-corrected chi connectivity index (χ1v) is 5.27. The smallest absolute Gasteiger partial charge is 0.224 e. The lowest BCUT2D eigenvalue weighted by molar-refractivity contribution is 0.120. The summed E-state index contributed by atoms with van der Waals surface area (Å²) in [7, 11) is 0. The highest BCUT2D eigenvalue weighted by atomic mass is 35.5. The molecule has 0 aliphatic carbocycles. The fraction of sp³-hybridized carbons (Fsp3) is 0.556. The summed E-state index contributed by atoms with van der Waals surface area (Å²) in [6.07, 6.45) is 3.93. The van der Waals surface area contributed by atoms with Crippen molar-refractivity contribution in [3.63, 3.8) is 0 Å². The van der Waals surface area contributed by atoms with Crippen LogP contribution in [0.2, 0.25) is 5.28 Å². The van der Waals surface area contributed by atoms with Crippen molar-refractivity contribution in [2.24, 2.45) is 0 Å². The van der Waals surface area contributed by atoms with Gasteiger partial charge >= 0.3 is 0 Å². The molecular formula is C9H13ClN4O. The van der Waals surface area contributed by atoms with Crippen LogP contribution in [0.5, 0.6) is 0 Å². The third kappa shape index (κ3) is 2.70. The molecule has 1 saturated heterocycles. The van der Waals surface area contributed by atoms with E-state index in [1.807, 2.05) is 0 Å². The van der Waals surface area contributed by atoms with E-state index in [-0.39, 0.29) is 11.4 Å². The van der Waals surface area contributed by atoms with Gasteiger partial charge in [-0.25, -0.2) is 4.98 Å². The van der Waals surface area contributed by atoms with Gasteiger partial charge in [-0.2, -0.15) is 4.98 Å². The molecule has 1 aromatic rings. The Hall–Kier alpha value is -1.07. The van der Waals surface area contributed by atoms with Crippen LogP contribution in [-0.2, 0) is 4.74 Å². The van der Waals surface area contributed by atoms with Crippen molar-refractivity contribution < 1.29 is 4.74 Å². The molecule has 1 aliphatic rings. The molecule has 1 fully saturated rings. The zero-order valence-electron chi connectivity index (χ0n) is 8.24. The van der Waals surface area contributed by atoms with Gasteiger partial charge in [0.1, 0.15) is 0 Å². The summed E-state index contributed by atoms with van der Waals surface area (Å²) in [5, 5.41) is 3.30. The Labute approximate surface area is 93.0 Å². The van der Waals surface area contributed by atoms with Crippen molar-refractivity contribution in [3.05, 3.63) is 11.5 Å². The van der Waals surface area contributed by atoms with Crippen LogP contribution in [0.1, 0.15) is 12.8 Å². The van der Waals surface area contributed by atoms with Crippen molar-refractivity contribution in [1.82, 2.24) is 9.97 Å². The lowest BCUT2D eigenvalue weighted by Crippen LogP contribution is -2.19. The molecule has 2 heterocycles. The van der Waals surface area contributed by atoms with E-state index < -0.39 is 0 Å². The first-order valence-electron chi connectivity index (χ1n) is 4.89. The van der Waals surface area contributed by atoms with Crippen LogP contribution in [0.15, 0.2) is 6.20 Å². The van der Waals surface area contributed by atoms with E-state index in [1.165, 1.54) is 6.20 Å². The highest BCUT2D eigenvalue weighted by Crippen LogP contribution is 2.17. The Bertz CT molecular complexity index is 341. The van der Waals surface area contributed by atoms with Gasteiger partial charge in [0.25, 0.3) is 0 Å². The zero-order chi connectivity index (χ0) is 10.7. The number of nitrogens with one attached hydrogen (secondary N) is 1. The average Bonchev–Trinajstić information content (AvgIpc) is 2.72. The summed E-state index contributed by atoms with van der Waals surface area (Å²) >= 11 is 5.66. The molecule has 0 aromatic carbocycles. The highest BCUT2D eigenvalue weighted by Gasteiger charge is 2.15. The lowest BCUT2D eigenvalue weighted by Gasteiger charge is -2.12. The number of hydrogen-bond acceptors (Lipinski definition) is 5. The van der Waals surface area contributed by atoms with E-state index in [0.29, 0.717) is 18.1 Å². The second kappa shape index (κ2) is 4.63. The molecule has 82 valence electrons. The number of nitrogen functional groups attached to an aromatic ring is 1. The van der Waals surface area contributed by atoms with Crippen molar-refractivity contribution in [1.29, 1.82) is 0 Å². The SMILES string of the molecule is Nc1cnc(Cl)nc1NCC1CCCO1. The topological polar surface area (TPSA) is 73.1 Å². The predicted molar refractivity (Wildman–Crippen MR) is 58.9 cm³/mol. The van der Waals surface area contributed by atoms with Crippen molar-refractivity contribution >= 4 is 23.1 Å². The fourth-order valence-electron chi connectivity index (χ4n) is 1.53. The number of anilines is 2. The van der Waals surface area contributed by atoms with E-state index in [2.05, 4.69) is 15.3 Å². The van der Waals surface area contributed by atoms with Gasteiger partial charge in [0.2, 0.25) is 5.28 Å². The summed E-state index contributed by atoms with van der Waals surface area (Å²) < 4.78 is 5.47. The maximum Gasteiger partial charge on any atom is 0.224 e. The molecule has 0 bridgehead atoms. The van der Waals surface area contributed by atoms with Crippen LogP contribution in [0.4, 0.5) is 11.5 Å². The summed E-state index contributed by atoms with van der Waals surface area (Å²) in [4.78, 5) is 7.77. The van der Waals surface area contributed by atoms with Crippen LogP contribution in [-0.4, -0.2) is 29.2 Å². The molecule has 6 heteroatoms. The molecule has 0 radical (unpaired) electrons. The van der Waals surface area contributed by atoms with Crippen molar-refractivity contribution in [2.75, 3.05) is 24.2 Å². The van der Waals surface area contributed by atoms with E-state index in [0.717, 1.165) is 19.4 Å². The number of halogens is 1. The average molecular weight is 229 g/mol. The highest BCUT2D eigenvalue weighted by molar-refractivity contribution is 6.28. The standard InChI is InChI=1S/C9H13ClN4O/c10-9-13-5-7(11)8(14-9)12-4-6-2-1-3-15-6/h5-6H,1-4,11H2,(H,12,13,14). The summed E-state index contributed by atoms with van der Waals surface area (Å²) in [6.45, 7) is 1.55. The first-order chi connectivity index (χ1) is 7.25. The molecule has 5 nitrogen and oxygen atoms in total. The van der Waals surface area contributed by atoms with Crippen LogP contribution in [0.3, 0.4) is 0 Å². The molecule has 1 atom stereocenters. The molecule has 1 aliphatic heterocycles. The summed E-state index contributed by atoms with van der Waals surface area (Å²) in [5.41, 5.74) is 6.18. The molecule has 0 saturated carbocycles. The minimum Gasteiger partial charge on any atom is -0.394 e. The van der Waals surface area contributed by atoms with E-state index in [9.17, 15) is 0 Å². The molecule has 0 spiro atoms. The van der Waals surface area contributed by atoms with Gasteiger partial charge in [0, 0.05) is 13.2 Å². The predicted octanol–water partition coefficient (Wildman–Crippen LogP) is 1.30. The number of nitrogens with two attached hydrogens (primary N) is 1. The monoisotopic (exact) mass is 228 g/mol. The zero-order valence-corrected chi connectivity index (χ0v) is 9.00. The maximum absolute atomic E-state index is 5.69. The second-order valence-corrected chi connectivity index (χ2v) is 3.80. The van der Waals surface area contributed by atoms with Gasteiger partial charge in [-0.15, -0.1) is 0 Å². The van der Waals surface area contributed by atoms with Crippen LogP contribution >= 0.6 is 11.6 Å². The minimum atomic E-state index is 0.194. The van der Waals surface area contributed by atoms with Crippen LogP contribution in [0, 0.1) is 0 Å². The van der Waals surface area contributed by atoms with E-state index in [1.54, 1.807) is 0 Å². The number of rotatable bonds is 3. The quantitative estimate of drug-likeness (QED) is 0.763. The van der Waals surface area contributed by atoms with Crippen LogP contribution < -0.4 is 11.1 Å². The van der Waals surface area contributed by atoms with E-state index in [4.69, 9.17) is 22.1 Å². The second-order valence-electron chi connectivity index (χ2n) is 3.46. The van der Waals surface area contributed by atoms with Gasteiger partial charge in [0.05, 0.1) is 18.0 Å². The summed E-state index contributed by atoms with van der Waals surface area (Å²) in [6, 6.07) is 0. The molecule has 15 heavy (non-hydrogen) atoms. The molecular weight excluding hydrogens is 216 g/mol. The molecule has 3 N–H and O–H groups in total. The maximum atomic E-state index is 5.69. The van der Waals surface area contributed by atoms with Gasteiger partial charge in [-0.3, -0.25) is 0 Å². The minimum absolute atomic E-state index is 0.194. The van der Waals surface area contributed by atoms with Crippen molar-refractivity contribution in [3.8, 4) is 0 Å². The van der Waals surface area contributed by atoms with Gasteiger partial charge < -0.3 is 15.8 Å². The van der Waals surface area contributed by atoms with Gasteiger partial charge in [-0.05, 0) is 24.4 Å². The van der Waals surface area contributed by atoms with E-state index >= 15 is 0 Å². The summed E-state index contributed by atoms with van der Waals surface area (Å²) in [5.74, 6) is 0.575.